The molecule has 9 heteroatoms. The van der Waals surface area contributed by atoms with Gasteiger partial charge in [0.1, 0.15) is 11.3 Å². The smallest absolute Gasteiger partial charge is 0.274 e. The molecular formula is C24H26BrClN4O3. The molecule has 0 radical (unpaired) electrons. The van der Waals surface area contributed by atoms with Crippen molar-refractivity contribution in [1.82, 2.24) is 19.6 Å². The van der Waals surface area contributed by atoms with Crippen molar-refractivity contribution in [2.24, 2.45) is 0 Å². The lowest BCUT2D eigenvalue weighted by molar-refractivity contribution is -0.0140. The van der Waals surface area contributed by atoms with Crippen LogP contribution in [0.5, 0.6) is 0 Å². The fourth-order valence-electron chi connectivity index (χ4n) is 4.96. The summed E-state index contributed by atoms with van der Waals surface area (Å²) in [5.41, 5.74) is 3.86. The van der Waals surface area contributed by atoms with Crippen molar-refractivity contribution in [3.8, 4) is 0 Å². The summed E-state index contributed by atoms with van der Waals surface area (Å²) in [4.78, 5) is 19.6. The van der Waals surface area contributed by atoms with Gasteiger partial charge < -0.3 is 24.5 Å². The van der Waals surface area contributed by atoms with Gasteiger partial charge in [-0.05, 0) is 65.0 Å². The lowest BCUT2D eigenvalue weighted by atomic mass is 9.76. The van der Waals surface area contributed by atoms with Crippen LogP contribution in [-0.2, 0) is 17.7 Å². The van der Waals surface area contributed by atoms with E-state index in [0.717, 1.165) is 20.6 Å². The van der Waals surface area contributed by atoms with Gasteiger partial charge in [-0.25, -0.2) is 4.98 Å². The van der Waals surface area contributed by atoms with Crippen LogP contribution < -0.4 is 5.32 Å². The average molecular weight is 534 g/mol. The molecule has 5 rings (SSSR count). The lowest BCUT2D eigenvalue weighted by Gasteiger charge is -2.48. The fraction of sp³-hybridized carbons (Fsp3) is 0.417. The summed E-state index contributed by atoms with van der Waals surface area (Å²) in [7, 11) is 1.65. The van der Waals surface area contributed by atoms with Crippen molar-refractivity contribution in [3.63, 3.8) is 0 Å². The first-order valence-electron chi connectivity index (χ1n) is 11.0. The first-order valence-corrected chi connectivity index (χ1v) is 12.2. The van der Waals surface area contributed by atoms with E-state index >= 15 is 0 Å². The van der Waals surface area contributed by atoms with Gasteiger partial charge in [0.05, 0.1) is 17.7 Å². The number of hydrogen-bond acceptors (Lipinski definition) is 5. The Morgan fingerprint density at radius 3 is 2.94 bits per heavy atom. The van der Waals surface area contributed by atoms with Crippen molar-refractivity contribution in [2.45, 2.75) is 44.1 Å². The second-order valence-electron chi connectivity index (χ2n) is 8.97. The maximum atomic E-state index is 13.3. The SMILES string of the molecule is COC(C)c1cc(Br)cn2cc(C(=O)N3CC[C@]4(Cc5ccc(Cl)cc5CN4)[C@H](O)C3)nc12. The summed E-state index contributed by atoms with van der Waals surface area (Å²) in [6, 6.07) is 7.87. The number of imidazole rings is 1. The van der Waals surface area contributed by atoms with Crippen LogP contribution in [0.3, 0.4) is 0 Å². The van der Waals surface area contributed by atoms with E-state index in [9.17, 15) is 9.90 Å². The van der Waals surface area contributed by atoms with Crippen LogP contribution in [0.4, 0.5) is 0 Å². The van der Waals surface area contributed by atoms with E-state index in [1.807, 2.05) is 41.8 Å². The number of aliphatic hydroxyl groups is 1. The minimum Gasteiger partial charge on any atom is -0.389 e. The summed E-state index contributed by atoms with van der Waals surface area (Å²) in [6.45, 7) is 3.41. The molecule has 7 nitrogen and oxygen atoms in total. The molecule has 1 saturated heterocycles. The molecule has 0 saturated carbocycles. The second-order valence-corrected chi connectivity index (χ2v) is 10.3. The number of benzene rings is 1. The molecule has 2 aromatic heterocycles. The molecule has 3 atom stereocenters. The molecule has 2 aliphatic rings. The van der Waals surface area contributed by atoms with E-state index in [0.29, 0.717) is 37.3 Å². The Labute approximate surface area is 205 Å². The molecule has 1 amide bonds. The zero-order chi connectivity index (χ0) is 23.3. The molecule has 0 bridgehead atoms. The highest BCUT2D eigenvalue weighted by molar-refractivity contribution is 9.10. The van der Waals surface area contributed by atoms with E-state index in [-0.39, 0.29) is 18.6 Å². The largest absolute Gasteiger partial charge is 0.389 e. The minimum atomic E-state index is -0.686. The number of pyridine rings is 1. The highest BCUT2D eigenvalue weighted by Crippen LogP contribution is 2.34. The van der Waals surface area contributed by atoms with E-state index in [4.69, 9.17) is 16.3 Å². The molecule has 1 fully saturated rings. The zero-order valence-electron chi connectivity index (χ0n) is 18.5. The predicted octanol–water partition coefficient (Wildman–Crippen LogP) is 3.75. The topological polar surface area (TPSA) is 79.1 Å². The van der Waals surface area contributed by atoms with Gasteiger partial charge in [0.25, 0.3) is 5.91 Å². The number of carbonyl (C=O) groups excluding carboxylic acids is 1. The van der Waals surface area contributed by atoms with Gasteiger partial charge in [0.15, 0.2) is 0 Å². The number of fused-ring (bicyclic) bond motifs is 2. The summed E-state index contributed by atoms with van der Waals surface area (Å²) in [5.74, 6) is -0.178. The predicted molar refractivity (Wildman–Crippen MR) is 130 cm³/mol. The first kappa shape index (κ1) is 22.8. The maximum Gasteiger partial charge on any atom is 0.274 e. The van der Waals surface area contributed by atoms with Crippen LogP contribution in [0.25, 0.3) is 5.65 Å². The highest BCUT2D eigenvalue weighted by Gasteiger charge is 2.45. The molecule has 1 spiro atoms. The van der Waals surface area contributed by atoms with Gasteiger partial charge in [-0.1, -0.05) is 17.7 Å². The van der Waals surface area contributed by atoms with E-state index < -0.39 is 11.6 Å². The molecule has 33 heavy (non-hydrogen) atoms. The van der Waals surface area contributed by atoms with Crippen LogP contribution in [-0.4, -0.2) is 57.1 Å². The van der Waals surface area contributed by atoms with Gasteiger partial charge in [-0.2, -0.15) is 0 Å². The molecule has 4 heterocycles. The number of nitrogens with zero attached hydrogens (tertiary/aromatic N) is 3. The van der Waals surface area contributed by atoms with Crippen molar-refractivity contribution in [1.29, 1.82) is 0 Å². The summed E-state index contributed by atoms with van der Waals surface area (Å²) in [6.07, 6.45) is 4.14. The molecule has 3 aromatic rings. The van der Waals surface area contributed by atoms with Crippen molar-refractivity contribution in [3.05, 3.63) is 68.5 Å². The standard InChI is InChI=1S/C24H26BrClN4O3/c1-14(33-2)19-8-17(25)11-30-12-20(28-22(19)30)23(32)29-6-5-24(21(31)13-29)9-15-3-4-18(26)7-16(15)10-27-24/h3-4,7-8,11-12,14,21,27,31H,5-6,9-10,13H2,1-2H3/t14?,21-,24+/m1/s1. The number of ether oxygens (including phenoxy) is 1. The second kappa shape index (κ2) is 8.67. The fourth-order valence-corrected chi connectivity index (χ4v) is 5.62. The number of amides is 1. The first-order chi connectivity index (χ1) is 15.8. The molecule has 1 aromatic carbocycles. The molecule has 2 aliphatic heterocycles. The van der Waals surface area contributed by atoms with Crippen LogP contribution in [0, 0.1) is 0 Å². The van der Waals surface area contributed by atoms with Gasteiger partial charge in [0.2, 0.25) is 0 Å². The van der Waals surface area contributed by atoms with Crippen molar-refractivity contribution in [2.75, 3.05) is 20.2 Å². The normalized spacial score (nSPS) is 23.7. The molecule has 1 unspecified atom stereocenters. The number of carbonyl (C=O) groups is 1. The summed E-state index contributed by atoms with van der Waals surface area (Å²) in [5, 5.41) is 15.4. The molecule has 2 N–H and O–H groups in total. The van der Waals surface area contributed by atoms with E-state index in [1.165, 1.54) is 5.56 Å². The van der Waals surface area contributed by atoms with Crippen molar-refractivity contribution < 1.29 is 14.6 Å². The van der Waals surface area contributed by atoms with Gasteiger partial charge in [0, 0.05) is 54.2 Å². The number of likely N-dealkylation sites (tertiary alicyclic amines) is 1. The summed E-state index contributed by atoms with van der Waals surface area (Å²) < 4.78 is 8.20. The number of aromatic nitrogens is 2. The van der Waals surface area contributed by atoms with Crippen molar-refractivity contribution >= 4 is 39.1 Å². The Balaban J connectivity index is 1.36. The van der Waals surface area contributed by atoms with E-state index in [2.05, 4.69) is 26.2 Å². The van der Waals surface area contributed by atoms with Gasteiger partial charge in [-0.15, -0.1) is 0 Å². The molecule has 0 aliphatic carbocycles. The Morgan fingerprint density at radius 2 is 2.18 bits per heavy atom. The number of piperidine rings is 1. The lowest BCUT2D eigenvalue weighted by Crippen LogP contribution is -2.65. The maximum absolute atomic E-state index is 13.3. The minimum absolute atomic E-state index is 0.165. The van der Waals surface area contributed by atoms with Gasteiger partial charge >= 0.3 is 0 Å². The number of nitrogens with one attached hydrogen (secondary N) is 1. The Morgan fingerprint density at radius 1 is 1.36 bits per heavy atom. The third-order valence-corrected chi connectivity index (χ3v) is 7.68. The number of β-amino-alcohol motifs (C(OH)–C–C–N with tert-alkyl or cyclic N) is 1. The zero-order valence-corrected chi connectivity index (χ0v) is 20.9. The summed E-state index contributed by atoms with van der Waals surface area (Å²) >= 11 is 9.65. The Bertz CT molecular complexity index is 1230. The number of rotatable bonds is 3. The van der Waals surface area contributed by atoms with Crippen LogP contribution >= 0.6 is 27.5 Å². The van der Waals surface area contributed by atoms with Gasteiger partial charge in [-0.3, -0.25) is 4.79 Å². The molecule has 174 valence electrons. The third kappa shape index (κ3) is 4.08. The van der Waals surface area contributed by atoms with Crippen LogP contribution in [0.1, 0.15) is 46.6 Å². The van der Waals surface area contributed by atoms with E-state index in [1.54, 1.807) is 18.2 Å². The monoisotopic (exact) mass is 532 g/mol. The number of aliphatic hydroxyl groups excluding tert-OH is 1. The quantitative estimate of drug-likeness (QED) is 0.536. The van der Waals surface area contributed by atoms with Crippen LogP contribution in [0.15, 0.2) is 41.1 Å². The van der Waals surface area contributed by atoms with Crippen LogP contribution in [0.2, 0.25) is 5.02 Å². The Kier molecular flexibility index (Phi) is 5.99. The number of hydrogen-bond donors (Lipinski definition) is 2. The highest BCUT2D eigenvalue weighted by atomic mass is 79.9. The number of halogens is 2. The molecular weight excluding hydrogens is 508 g/mol. The number of methoxy groups -OCH3 is 1. The Hall–Kier alpha value is -1.97. The third-order valence-electron chi connectivity index (χ3n) is 7.01. The average Bonchev–Trinajstić information content (AvgIpc) is 3.23.